The van der Waals surface area contributed by atoms with Gasteiger partial charge in [0.05, 0.1) is 0 Å². The Bertz CT molecular complexity index is 794. The number of carbonyl (C=O) groups is 2. The number of unbranched alkanes of at least 4 members (excludes halogenated alkanes) is 18. The molecule has 0 spiro atoms. The molecule has 2 atom stereocenters. The van der Waals surface area contributed by atoms with Gasteiger partial charge in [-0.2, -0.15) is 0 Å². The van der Waals surface area contributed by atoms with Crippen LogP contribution in [0.1, 0.15) is 228 Å². The molecule has 4 nitrogen and oxygen atoms in total. The maximum atomic E-state index is 13.4. The van der Waals surface area contributed by atoms with Crippen LogP contribution in [0, 0.1) is 23.2 Å². The molecule has 0 radical (unpaired) electrons. The zero-order valence-corrected chi connectivity index (χ0v) is 34.6. The molecule has 1 rings (SSSR count). The minimum absolute atomic E-state index is 0.0299. The molecule has 0 aromatic carbocycles. The van der Waals surface area contributed by atoms with Crippen molar-refractivity contribution in [2.45, 2.75) is 233 Å². The van der Waals surface area contributed by atoms with Crippen LogP contribution < -0.4 is 0 Å². The van der Waals surface area contributed by atoms with Gasteiger partial charge >= 0.3 is 5.97 Å². The smallest absolute Gasteiger partial charge is 0.306 e. The molecular weight excluding hydrogens is 602 g/mol. The van der Waals surface area contributed by atoms with E-state index >= 15 is 0 Å². The minimum atomic E-state index is -0.508. The van der Waals surface area contributed by atoms with Crippen molar-refractivity contribution in [3.05, 3.63) is 0 Å². The van der Waals surface area contributed by atoms with Gasteiger partial charge in [0.15, 0.2) is 0 Å². The van der Waals surface area contributed by atoms with Crippen LogP contribution in [0.15, 0.2) is 0 Å². The third kappa shape index (κ3) is 21.9. The zero-order chi connectivity index (χ0) is 36.4. The van der Waals surface area contributed by atoms with Crippen molar-refractivity contribution >= 4 is 11.8 Å². The summed E-state index contributed by atoms with van der Waals surface area (Å²) in [6.45, 7) is 14.7. The largest absolute Gasteiger partial charge is 0.459 e. The topological polar surface area (TPSA) is 46.6 Å². The fourth-order valence-electron chi connectivity index (χ4n) is 8.37. The summed E-state index contributed by atoms with van der Waals surface area (Å²) >= 11 is 0. The van der Waals surface area contributed by atoms with E-state index in [-0.39, 0.29) is 11.4 Å². The molecule has 2 unspecified atom stereocenters. The lowest BCUT2D eigenvalue weighted by Gasteiger charge is -2.46. The van der Waals surface area contributed by atoms with Crippen LogP contribution in [0.5, 0.6) is 0 Å². The van der Waals surface area contributed by atoms with Crippen molar-refractivity contribution in [2.75, 3.05) is 20.6 Å². The van der Waals surface area contributed by atoms with E-state index in [1.807, 2.05) is 0 Å². The fourth-order valence-corrected chi connectivity index (χ4v) is 8.37. The zero-order valence-electron chi connectivity index (χ0n) is 34.6. The molecular formula is C45H87NO3. The molecule has 0 N–H and O–H groups in total. The second-order valence-electron chi connectivity index (χ2n) is 17.7. The van der Waals surface area contributed by atoms with E-state index in [0.29, 0.717) is 42.8 Å². The second-order valence-corrected chi connectivity index (χ2v) is 17.7. The maximum Gasteiger partial charge on any atom is 0.306 e. The number of rotatable bonds is 33. The molecule has 1 aliphatic rings. The van der Waals surface area contributed by atoms with E-state index in [1.54, 1.807) is 0 Å². The van der Waals surface area contributed by atoms with Crippen LogP contribution in [-0.4, -0.2) is 42.9 Å². The molecule has 0 aromatic heterocycles. The first-order chi connectivity index (χ1) is 23.4. The number of nitrogens with zero attached hydrogens (tertiary/aromatic N) is 1. The summed E-state index contributed by atoms with van der Waals surface area (Å²) in [5.41, 5.74) is -0.593. The Kier molecular flexibility index (Phi) is 26.1. The van der Waals surface area contributed by atoms with E-state index in [0.717, 1.165) is 32.2 Å². The summed E-state index contributed by atoms with van der Waals surface area (Å²) < 4.78 is 6.43. The Morgan fingerprint density at radius 2 is 1.02 bits per heavy atom. The maximum absolute atomic E-state index is 13.4. The van der Waals surface area contributed by atoms with Crippen molar-refractivity contribution in [1.82, 2.24) is 4.90 Å². The number of Topliss-reactive ketones (excluding diaryl/α,β-unsaturated/α-hetero) is 1. The first-order valence-electron chi connectivity index (χ1n) is 21.8. The summed E-state index contributed by atoms with van der Waals surface area (Å²) in [5.74, 6) is 1.74. The molecule has 49 heavy (non-hydrogen) atoms. The predicted molar refractivity (Wildman–Crippen MR) is 213 cm³/mol. The van der Waals surface area contributed by atoms with Gasteiger partial charge in [0, 0.05) is 24.7 Å². The molecule has 0 heterocycles. The third-order valence-electron chi connectivity index (χ3n) is 12.4. The molecule has 0 bridgehead atoms. The minimum Gasteiger partial charge on any atom is -0.459 e. The highest BCUT2D eigenvalue weighted by Gasteiger charge is 2.45. The summed E-state index contributed by atoms with van der Waals surface area (Å²) in [6.07, 6.45) is 35.9. The van der Waals surface area contributed by atoms with Gasteiger partial charge in [-0.05, 0) is 90.8 Å². The Labute approximate surface area is 307 Å². The van der Waals surface area contributed by atoms with E-state index < -0.39 is 5.60 Å². The Hall–Kier alpha value is -0.900. The van der Waals surface area contributed by atoms with Gasteiger partial charge < -0.3 is 9.64 Å². The molecule has 1 fully saturated rings. The van der Waals surface area contributed by atoms with Crippen molar-refractivity contribution in [2.24, 2.45) is 23.2 Å². The standard InChI is InChI=1S/C45H87NO3/c1-9-11-13-15-17-19-21-23-25-27-30-41(31-28-26-24-22-20-18-16-14-12-10-2)44(3,4)45(5,6)49-43(48)38-40-34-33-39(36-40)37-42(47)32-29-35-46(7)8/h39-41H,9-38H2,1-8H3. The summed E-state index contributed by atoms with van der Waals surface area (Å²) in [5, 5.41) is 0. The van der Waals surface area contributed by atoms with Crippen LogP contribution in [0.3, 0.4) is 0 Å². The van der Waals surface area contributed by atoms with Gasteiger partial charge in [0.25, 0.3) is 0 Å². The van der Waals surface area contributed by atoms with E-state index in [9.17, 15) is 9.59 Å². The quantitative estimate of drug-likeness (QED) is 0.0508. The molecule has 0 amide bonds. The monoisotopic (exact) mass is 690 g/mol. The molecule has 0 aliphatic heterocycles. The summed E-state index contributed by atoms with van der Waals surface area (Å²) in [4.78, 5) is 28.1. The van der Waals surface area contributed by atoms with Gasteiger partial charge in [-0.1, -0.05) is 156 Å². The van der Waals surface area contributed by atoms with E-state index in [2.05, 4.69) is 60.5 Å². The van der Waals surface area contributed by atoms with Gasteiger partial charge in [-0.25, -0.2) is 0 Å². The third-order valence-corrected chi connectivity index (χ3v) is 12.4. The molecule has 4 heteroatoms. The molecule has 1 aliphatic carbocycles. The van der Waals surface area contributed by atoms with Crippen LogP contribution >= 0.6 is 0 Å². The highest BCUT2D eigenvalue weighted by atomic mass is 16.6. The second kappa shape index (κ2) is 27.7. The number of ether oxygens (including phenoxy) is 1. The number of carbonyl (C=O) groups excluding carboxylic acids is 2. The lowest BCUT2D eigenvalue weighted by Crippen LogP contribution is -2.48. The first kappa shape index (κ1) is 46.1. The van der Waals surface area contributed by atoms with Crippen LogP contribution in [0.25, 0.3) is 0 Å². The van der Waals surface area contributed by atoms with Crippen molar-refractivity contribution in [3.63, 3.8) is 0 Å². The predicted octanol–water partition coefficient (Wildman–Crippen LogP) is 13.7. The highest BCUT2D eigenvalue weighted by molar-refractivity contribution is 5.78. The van der Waals surface area contributed by atoms with Crippen molar-refractivity contribution in [3.8, 4) is 0 Å². The summed E-state index contributed by atoms with van der Waals surface area (Å²) in [7, 11) is 4.12. The average Bonchev–Trinajstić information content (AvgIpc) is 3.46. The molecule has 0 saturated heterocycles. The normalized spacial score (nSPS) is 17.0. The number of hydrogen-bond donors (Lipinski definition) is 0. The fraction of sp³-hybridized carbons (Fsp3) is 0.956. The van der Waals surface area contributed by atoms with Gasteiger partial charge in [-0.15, -0.1) is 0 Å². The Morgan fingerprint density at radius 3 is 1.45 bits per heavy atom. The van der Waals surface area contributed by atoms with Crippen LogP contribution in [0.2, 0.25) is 0 Å². The summed E-state index contributed by atoms with van der Waals surface area (Å²) in [6, 6.07) is 0. The Morgan fingerprint density at radius 1 is 0.612 bits per heavy atom. The SMILES string of the molecule is CCCCCCCCCCCCC(CCCCCCCCCCCC)C(C)(C)C(C)(C)OC(=O)CC1CCC(CC(=O)CCCN(C)C)C1. The van der Waals surface area contributed by atoms with Crippen molar-refractivity contribution < 1.29 is 14.3 Å². The van der Waals surface area contributed by atoms with Crippen LogP contribution in [-0.2, 0) is 14.3 Å². The lowest BCUT2D eigenvalue weighted by atomic mass is 9.64. The lowest BCUT2D eigenvalue weighted by molar-refractivity contribution is -0.175. The van der Waals surface area contributed by atoms with Crippen LogP contribution in [0.4, 0.5) is 0 Å². The molecule has 1 saturated carbocycles. The average molecular weight is 690 g/mol. The first-order valence-corrected chi connectivity index (χ1v) is 21.8. The number of ketones is 1. The molecule has 290 valence electrons. The number of hydrogen-bond acceptors (Lipinski definition) is 4. The van der Waals surface area contributed by atoms with Gasteiger partial charge in [0.2, 0.25) is 0 Å². The van der Waals surface area contributed by atoms with E-state index in [1.165, 1.54) is 141 Å². The van der Waals surface area contributed by atoms with Gasteiger partial charge in [0.1, 0.15) is 11.4 Å². The van der Waals surface area contributed by atoms with Crippen molar-refractivity contribution in [1.29, 1.82) is 0 Å². The van der Waals surface area contributed by atoms with E-state index in [4.69, 9.17) is 4.74 Å². The Balaban J connectivity index is 2.60. The van der Waals surface area contributed by atoms with Gasteiger partial charge in [-0.3, -0.25) is 9.59 Å². The molecule has 0 aromatic rings. The highest BCUT2D eigenvalue weighted by Crippen LogP contribution is 2.46. The number of esters is 1.